The van der Waals surface area contributed by atoms with Gasteiger partial charge in [0.05, 0.1) is 12.7 Å². The Bertz CT molecular complexity index is 438. The van der Waals surface area contributed by atoms with Gasteiger partial charge in [0.2, 0.25) is 0 Å². The molecular formula is C14H24N4O3. The van der Waals surface area contributed by atoms with E-state index < -0.39 is 5.60 Å². The summed E-state index contributed by atoms with van der Waals surface area (Å²) in [7, 11) is 0. The fourth-order valence-electron chi connectivity index (χ4n) is 1.62. The maximum Gasteiger partial charge on any atom is 0.314 e. The van der Waals surface area contributed by atoms with Crippen LogP contribution in [-0.2, 0) is 16.1 Å². The van der Waals surface area contributed by atoms with E-state index in [2.05, 4.69) is 15.6 Å². The van der Waals surface area contributed by atoms with Crippen molar-refractivity contribution in [2.75, 3.05) is 13.1 Å². The number of imidazole rings is 1. The molecule has 2 amide bonds. The zero-order chi connectivity index (χ0) is 15.7. The molecule has 1 aromatic rings. The Morgan fingerprint density at radius 3 is 2.57 bits per heavy atom. The third-order valence-electron chi connectivity index (χ3n) is 2.47. The standard InChI is InChI=1S/C14H24N4O3/c1-14(2,3)21-12(19)5-7-17-13(20)16-6-4-9-18-10-8-15-11-18/h8,10-11H,4-7,9H2,1-3H3,(H2,16,17,20). The van der Waals surface area contributed by atoms with E-state index in [1.807, 2.05) is 31.5 Å². The number of hydrogen-bond acceptors (Lipinski definition) is 4. The van der Waals surface area contributed by atoms with Crippen LogP contribution < -0.4 is 10.6 Å². The molecule has 0 aromatic carbocycles. The molecule has 0 bridgehead atoms. The van der Waals surface area contributed by atoms with Crippen LogP contribution in [0.25, 0.3) is 0 Å². The molecule has 1 aromatic heterocycles. The third-order valence-corrected chi connectivity index (χ3v) is 2.47. The number of aryl methyl sites for hydroxylation is 1. The SMILES string of the molecule is CC(C)(C)OC(=O)CCNC(=O)NCCCn1ccnc1. The topological polar surface area (TPSA) is 85.2 Å². The highest BCUT2D eigenvalue weighted by atomic mass is 16.6. The number of ether oxygens (including phenoxy) is 1. The normalized spacial score (nSPS) is 11.0. The van der Waals surface area contributed by atoms with E-state index in [4.69, 9.17) is 4.74 Å². The Hall–Kier alpha value is -2.05. The van der Waals surface area contributed by atoms with Crippen LogP contribution >= 0.6 is 0 Å². The molecule has 21 heavy (non-hydrogen) atoms. The summed E-state index contributed by atoms with van der Waals surface area (Å²) in [6.45, 7) is 7.07. The monoisotopic (exact) mass is 296 g/mol. The largest absolute Gasteiger partial charge is 0.460 e. The molecule has 0 saturated heterocycles. The van der Waals surface area contributed by atoms with Crippen molar-refractivity contribution >= 4 is 12.0 Å². The summed E-state index contributed by atoms with van der Waals surface area (Å²) in [4.78, 5) is 26.8. The number of carbonyl (C=O) groups is 2. The van der Waals surface area contributed by atoms with Crippen molar-refractivity contribution in [3.8, 4) is 0 Å². The second-order valence-electron chi connectivity index (χ2n) is 5.67. The second-order valence-corrected chi connectivity index (χ2v) is 5.67. The fourth-order valence-corrected chi connectivity index (χ4v) is 1.62. The third kappa shape index (κ3) is 8.67. The number of urea groups is 1. The van der Waals surface area contributed by atoms with Crippen LogP contribution in [0.3, 0.4) is 0 Å². The molecule has 0 atom stereocenters. The highest BCUT2D eigenvalue weighted by Crippen LogP contribution is 2.07. The summed E-state index contributed by atoms with van der Waals surface area (Å²) in [5.41, 5.74) is -0.493. The van der Waals surface area contributed by atoms with Gasteiger partial charge in [0, 0.05) is 32.0 Å². The molecule has 0 fully saturated rings. The molecule has 1 heterocycles. The minimum Gasteiger partial charge on any atom is -0.460 e. The van der Waals surface area contributed by atoms with Gasteiger partial charge in [0.25, 0.3) is 0 Å². The minimum absolute atomic E-state index is 0.166. The number of aromatic nitrogens is 2. The van der Waals surface area contributed by atoms with E-state index in [9.17, 15) is 9.59 Å². The van der Waals surface area contributed by atoms with Gasteiger partial charge in [-0.25, -0.2) is 9.78 Å². The van der Waals surface area contributed by atoms with Crippen molar-refractivity contribution < 1.29 is 14.3 Å². The highest BCUT2D eigenvalue weighted by Gasteiger charge is 2.15. The summed E-state index contributed by atoms with van der Waals surface area (Å²) in [6, 6.07) is -0.274. The lowest BCUT2D eigenvalue weighted by molar-refractivity contribution is -0.154. The number of carbonyl (C=O) groups excluding carboxylic acids is 2. The first kappa shape index (κ1) is 17.0. The van der Waals surface area contributed by atoms with Crippen LogP contribution in [0, 0.1) is 0 Å². The molecular weight excluding hydrogens is 272 g/mol. The van der Waals surface area contributed by atoms with Gasteiger partial charge in [-0.1, -0.05) is 0 Å². The average Bonchev–Trinajstić information content (AvgIpc) is 2.85. The predicted molar refractivity (Wildman–Crippen MR) is 78.7 cm³/mol. The van der Waals surface area contributed by atoms with Crippen molar-refractivity contribution in [1.82, 2.24) is 20.2 Å². The van der Waals surface area contributed by atoms with Gasteiger partial charge in [-0.05, 0) is 27.2 Å². The van der Waals surface area contributed by atoms with Gasteiger partial charge in [0.1, 0.15) is 5.60 Å². The van der Waals surface area contributed by atoms with Crippen LogP contribution in [0.5, 0.6) is 0 Å². The summed E-state index contributed by atoms with van der Waals surface area (Å²) < 4.78 is 7.09. The zero-order valence-corrected chi connectivity index (χ0v) is 12.9. The zero-order valence-electron chi connectivity index (χ0n) is 12.9. The summed E-state index contributed by atoms with van der Waals surface area (Å²) >= 11 is 0. The number of amides is 2. The molecule has 118 valence electrons. The van der Waals surface area contributed by atoms with Crippen molar-refractivity contribution in [3.05, 3.63) is 18.7 Å². The molecule has 0 radical (unpaired) electrons. The molecule has 0 unspecified atom stereocenters. The van der Waals surface area contributed by atoms with Crippen LogP contribution in [-0.4, -0.2) is 40.2 Å². The van der Waals surface area contributed by atoms with E-state index in [1.165, 1.54) is 0 Å². The number of hydrogen-bond donors (Lipinski definition) is 2. The number of nitrogens with zero attached hydrogens (tertiary/aromatic N) is 2. The molecule has 0 aliphatic rings. The van der Waals surface area contributed by atoms with Gasteiger partial charge in [-0.15, -0.1) is 0 Å². The van der Waals surface area contributed by atoms with Gasteiger partial charge >= 0.3 is 12.0 Å². The summed E-state index contributed by atoms with van der Waals surface area (Å²) in [5, 5.41) is 5.35. The van der Waals surface area contributed by atoms with E-state index in [-0.39, 0.29) is 25.0 Å². The number of nitrogens with one attached hydrogen (secondary N) is 2. The predicted octanol–water partition coefficient (Wildman–Crippen LogP) is 1.30. The molecule has 1 rings (SSSR count). The first-order valence-corrected chi connectivity index (χ1v) is 7.06. The minimum atomic E-state index is -0.493. The first-order valence-electron chi connectivity index (χ1n) is 7.06. The number of esters is 1. The van der Waals surface area contributed by atoms with Crippen molar-refractivity contribution in [2.45, 2.75) is 45.8 Å². The second kappa shape index (κ2) is 8.28. The van der Waals surface area contributed by atoms with Gasteiger partial charge in [-0.2, -0.15) is 0 Å². The molecule has 0 aliphatic carbocycles. The Labute approximate surface area is 125 Å². The first-order chi connectivity index (χ1) is 9.87. The van der Waals surface area contributed by atoms with Crippen molar-refractivity contribution in [1.29, 1.82) is 0 Å². The Morgan fingerprint density at radius 2 is 1.95 bits per heavy atom. The number of rotatable bonds is 7. The van der Waals surface area contributed by atoms with Gasteiger partial charge < -0.3 is 19.9 Å². The Kier molecular flexibility index (Phi) is 6.71. The molecule has 0 aliphatic heterocycles. The lowest BCUT2D eigenvalue weighted by Gasteiger charge is -2.19. The average molecular weight is 296 g/mol. The lowest BCUT2D eigenvalue weighted by atomic mass is 10.2. The lowest BCUT2D eigenvalue weighted by Crippen LogP contribution is -2.37. The van der Waals surface area contributed by atoms with E-state index >= 15 is 0 Å². The quantitative estimate of drug-likeness (QED) is 0.587. The van der Waals surface area contributed by atoms with Crippen LogP contribution in [0.2, 0.25) is 0 Å². The van der Waals surface area contributed by atoms with Crippen molar-refractivity contribution in [3.63, 3.8) is 0 Å². The highest BCUT2D eigenvalue weighted by molar-refractivity contribution is 5.75. The van der Waals surface area contributed by atoms with Gasteiger partial charge in [-0.3, -0.25) is 4.79 Å². The van der Waals surface area contributed by atoms with E-state index in [0.29, 0.717) is 6.54 Å². The van der Waals surface area contributed by atoms with Crippen LogP contribution in [0.15, 0.2) is 18.7 Å². The molecule has 2 N–H and O–H groups in total. The smallest absolute Gasteiger partial charge is 0.314 e. The molecule has 7 heteroatoms. The summed E-state index contributed by atoms with van der Waals surface area (Å²) in [6.07, 6.45) is 6.31. The Balaban J connectivity index is 2.02. The maximum atomic E-state index is 11.5. The van der Waals surface area contributed by atoms with Crippen LogP contribution in [0.4, 0.5) is 4.79 Å². The maximum absolute atomic E-state index is 11.5. The van der Waals surface area contributed by atoms with Gasteiger partial charge in [0.15, 0.2) is 0 Å². The fraction of sp³-hybridized carbons (Fsp3) is 0.643. The molecule has 0 saturated carbocycles. The van der Waals surface area contributed by atoms with Crippen molar-refractivity contribution in [2.24, 2.45) is 0 Å². The molecule has 0 spiro atoms. The Morgan fingerprint density at radius 1 is 1.24 bits per heavy atom. The van der Waals surface area contributed by atoms with E-state index in [1.54, 1.807) is 12.5 Å². The van der Waals surface area contributed by atoms with E-state index in [0.717, 1.165) is 13.0 Å². The summed E-state index contributed by atoms with van der Waals surface area (Å²) in [5.74, 6) is -0.317. The van der Waals surface area contributed by atoms with Crippen LogP contribution in [0.1, 0.15) is 33.6 Å². The molecule has 7 nitrogen and oxygen atoms in total.